The van der Waals surface area contributed by atoms with Gasteiger partial charge in [0.05, 0.1) is 5.41 Å². The molecule has 1 saturated carbocycles. The summed E-state index contributed by atoms with van der Waals surface area (Å²) >= 11 is 5.93. The van der Waals surface area contributed by atoms with Crippen LogP contribution in [-0.2, 0) is 10.2 Å². The molecule has 2 fully saturated rings. The number of rotatable bonds is 6. The highest BCUT2D eigenvalue weighted by Gasteiger charge is 2.50. The third-order valence-corrected chi connectivity index (χ3v) is 4.98. The van der Waals surface area contributed by atoms with Gasteiger partial charge < -0.3 is 15.5 Å². The summed E-state index contributed by atoms with van der Waals surface area (Å²) in [5.74, 6) is 0.176. The molecule has 0 radical (unpaired) electrons. The van der Waals surface area contributed by atoms with Gasteiger partial charge in [0, 0.05) is 37.7 Å². The highest BCUT2D eigenvalue weighted by Crippen LogP contribution is 2.48. The van der Waals surface area contributed by atoms with Gasteiger partial charge in [0.1, 0.15) is 0 Å². The van der Waals surface area contributed by atoms with Crippen LogP contribution in [0.1, 0.15) is 24.8 Å². The molecule has 1 heterocycles. The average molecular weight is 358 g/mol. The number of hydrogen-bond acceptors (Lipinski definition) is 3. The van der Waals surface area contributed by atoms with Crippen molar-refractivity contribution < 1.29 is 4.79 Å². The molecule has 0 unspecified atom stereocenters. The Labute approximate surface area is 149 Å². The Bertz CT molecular complexity index is 511. The molecule has 128 valence electrons. The summed E-state index contributed by atoms with van der Waals surface area (Å²) in [5, 5.41) is 7.20. The van der Waals surface area contributed by atoms with Crippen LogP contribution in [0, 0.1) is 0 Å². The van der Waals surface area contributed by atoms with E-state index in [9.17, 15) is 4.79 Å². The minimum absolute atomic E-state index is 0. The quantitative estimate of drug-likeness (QED) is 0.767. The van der Waals surface area contributed by atoms with Gasteiger partial charge in [-0.15, -0.1) is 12.4 Å². The zero-order chi connectivity index (χ0) is 15.4. The van der Waals surface area contributed by atoms with Crippen molar-refractivity contribution in [1.29, 1.82) is 0 Å². The highest BCUT2D eigenvalue weighted by atomic mass is 35.5. The van der Waals surface area contributed by atoms with Gasteiger partial charge in [0.2, 0.25) is 5.91 Å². The van der Waals surface area contributed by atoms with E-state index in [1.165, 1.54) is 0 Å². The van der Waals surface area contributed by atoms with Crippen molar-refractivity contribution in [2.75, 3.05) is 39.3 Å². The lowest BCUT2D eigenvalue weighted by Gasteiger charge is -2.27. The molecular weight excluding hydrogens is 333 g/mol. The number of hydrogen-bond donors (Lipinski definition) is 2. The molecule has 1 aliphatic carbocycles. The van der Waals surface area contributed by atoms with Crippen LogP contribution in [0.25, 0.3) is 0 Å². The zero-order valence-corrected chi connectivity index (χ0v) is 14.9. The molecule has 2 aliphatic rings. The smallest absolute Gasteiger partial charge is 0.230 e. The summed E-state index contributed by atoms with van der Waals surface area (Å²) in [6.45, 7) is 6.21. The Morgan fingerprint density at radius 1 is 1.22 bits per heavy atom. The summed E-state index contributed by atoms with van der Waals surface area (Å²) in [6.07, 6.45) is 2.90. The topological polar surface area (TPSA) is 44.4 Å². The summed E-state index contributed by atoms with van der Waals surface area (Å²) in [6, 6.07) is 7.70. The number of amides is 1. The van der Waals surface area contributed by atoms with Crippen LogP contribution in [0.3, 0.4) is 0 Å². The van der Waals surface area contributed by atoms with Gasteiger partial charge in [-0.25, -0.2) is 0 Å². The lowest BCUT2D eigenvalue weighted by Crippen LogP contribution is -2.44. The zero-order valence-electron chi connectivity index (χ0n) is 13.3. The second-order valence-electron chi connectivity index (χ2n) is 6.29. The van der Waals surface area contributed by atoms with Crippen LogP contribution >= 0.6 is 24.0 Å². The van der Waals surface area contributed by atoms with Crippen LogP contribution in [0.2, 0.25) is 5.02 Å². The normalized spacial score (nSPS) is 19.7. The average Bonchev–Trinajstić information content (AvgIpc) is 3.35. The summed E-state index contributed by atoms with van der Waals surface area (Å²) in [7, 11) is 0. The van der Waals surface area contributed by atoms with Gasteiger partial charge in [-0.3, -0.25) is 4.79 Å². The summed E-state index contributed by atoms with van der Waals surface area (Å²) in [4.78, 5) is 14.9. The van der Waals surface area contributed by atoms with E-state index in [2.05, 4.69) is 15.5 Å². The lowest BCUT2D eigenvalue weighted by molar-refractivity contribution is -0.123. The summed E-state index contributed by atoms with van der Waals surface area (Å²) < 4.78 is 0. The number of nitrogens with zero attached hydrogens (tertiary/aromatic N) is 1. The van der Waals surface area contributed by atoms with Crippen LogP contribution in [0.15, 0.2) is 24.3 Å². The molecule has 1 aliphatic heterocycles. The van der Waals surface area contributed by atoms with E-state index in [4.69, 9.17) is 11.6 Å². The molecule has 0 spiro atoms. The molecule has 3 rings (SSSR count). The molecule has 1 aromatic rings. The first-order valence-electron chi connectivity index (χ1n) is 8.18. The predicted molar refractivity (Wildman–Crippen MR) is 96.5 cm³/mol. The molecule has 4 nitrogen and oxygen atoms in total. The predicted octanol–water partition coefficient (Wildman–Crippen LogP) is 2.20. The van der Waals surface area contributed by atoms with Crippen LogP contribution < -0.4 is 10.6 Å². The molecule has 0 aromatic heterocycles. The Balaban J connectivity index is 0.00000192. The second-order valence-corrected chi connectivity index (χ2v) is 6.73. The van der Waals surface area contributed by atoms with E-state index in [1.54, 1.807) is 0 Å². The van der Waals surface area contributed by atoms with Crippen LogP contribution in [0.4, 0.5) is 0 Å². The van der Waals surface area contributed by atoms with Gasteiger partial charge in [0.15, 0.2) is 0 Å². The van der Waals surface area contributed by atoms with Gasteiger partial charge in [-0.2, -0.15) is 0 Å². The number of benzene rings is 1. The van der Waals surface area contributed by atoms with Gasteiger partial charge in [0.25, 0.3) is 0 Å². The molecule has 1 amide bonds. The van der Waals surface area contributed by atoms with E-state index in [0.717, 1.165) is 69.1 Å². The SMILES string of the molecule is Cl.O=C(NCCCN1CCNCC1)C1(c2ccc(Cl)cc2)CC1. The fourth-order valence-electron chi connectivity index (χ4n) is 3.15. The van der Waals surface area contributed by atoms with E-state index in [-0.39, 0.29) is 23.7 Å². The number of piperazine rings is 1. The third-order valence-electron chi connectivity index (χ3n) is 4.73. The molecule has 23 heavy (non-hydrogen) atoms. The monoisotopic (exact) mass is 357 g/mol. The van der Waals surface area contributed by atoms with Crippen LogP contribution in [0.5, 0.6) is 0 Å². The molecule has 0 bridgehead atoms. The molecule has 1 aromatic carbocycles. The van der Waals surface area contributed by atoms with E-state index in [1.807, 2.05) is 24.3 Å². The maximum atomic E-state index is 12.5. The van der Waals surface area contributed by atoms with E-state index < -0.39 is 0 Å². The Hall–Kier alpha value is -0.810. The fourth-order valence-corrected chi connectivity index (χ4v) is 3.28. The molecule has 1 saturated heterocycles. The Morgan fingerprint density at radius 3 is 2.48 bits per heavy atom. The van der Waals surface area contributed by atoms with Crippen molar-refractivity contribution in [2.45, 2.75) is 24.7 Å². The maximum absolute atomic E-state index is 12.5. The Kier molecular flexibility index (Phi) is 6.72. The van der Waals surface area contributed by atoms with Crippen molar-refractivity contribution in [1.82, 2.24) is 15.5 Å². The minimum atomic E-state index is -0.292. The first kappa shape index (κ1) is 18.5. The second kappa shape index (κ2) is 8.34. The highest BCUT2D eigenvalue weighted by molar-refractivity contribution is 6.30. The fraction of sp³-hybridized carbons (Fsp3) is 0.588. The first-order chi connectivity index (χ1) is 10.7. The van der Waals surface area contributed by atoms with Gasteiger partial charge in [-0.05, 0) is 43.5 Å². The van der Waals surface area contributed by atoms with Crippen molar-refractivity contribution in [3.8, 4) is 0 Å². The summed E-state index contributed by atoms with van der Waals surface area (Å²) in [5.41, 5.74) is 0.802. The van der Waals surface area contributed by atoms with Crippen molar-refractivity contribution >= 4 is 29.9 Å². The molecule has 6 heteroatoms. The largest absolute Gasteiger partial charge is 0.355 e. The first-order valence-corrected chi connectivity index (χ1v) is 8.56. The number of carbonyl (C=O) groups excluding carboxylic acids is 1. The molecular formula is C17H25Cl2N3O. The molecule has 0 atom stereocenters. The van der Waals surface area contributed by atoms with Gasteiger partial charge in [-0.1, -0.05) is 23.7 Å². The van der Waals surface area contributed by atoms with E-state index in [0.29, 0.717) is 0 Å². The molecule has 2 N–H and O–H groups in total. The van der Waals surface area contributed by atoms with Crippen LogP contribution in [-0.4, -0.2) is 50.1 Å². The minimum Gasteiger partial charge on any atom is -0.355 e. The maximum Gasteiger partial charge on any atom is 0.230 e. The van der Waals surface area contributed by atoms with Crippen molar-refractivity contribution in [3.05, 3.63) is 34.9 Å². The lowest BCUT2D eigenvalue weighted by atomic mass is 9.95. The van der Waals surface area contributed by atoms with Gasteiger partial charge >= 0.3 is 0 Å². The van der Waals surface area contributed by atoms with Crippen molar-refractivity contribution in [2.24, 2.45) is 0 Å². The number of nitrogens with one attached hydrogen (secondary N) is 2. The standard InChI is InChI=1S/C17H24ClN3O.ClH/c18-15-4-2-14(3-5-15)17(6-7-17)16(22)20-8-1-11-21-12-9-19-10-13-21;/h2-5,19H,1,6-13H2,(H,20,22);1H. The number of halogens is 2. The Morgan fingerprint density at radius 2 is 1.87 bits per heavy atom. The number of carbonyl (C=O) groups is 1. The van der Waals surface area contributed by atoms with Crippen molar-refractivity contribution in [3.63, 3.8) is 0 Å². The third kappa shape index (κ3) is 4.60. The van der Waals surface area contributed by atoms with E-state index >= 15 is 0 Å².